The Bertz CT molecular complexity index is 628. The van der Waals surface area contributed by atoms with Crippen LogP contribution in [0.15, 0.2) is 36.5 Å². The molecule has 104 valence electrons. The quantitative estimate of drug-likeness (QED) is 0.928. The van der Waals surface area contributed by atoms with Crippen LogP contribution in [0.25, 0.3) is 0 Å². The van der Waals surface area contributed by atoms with Crippen LogP contribution in [0.2, 0.25) is 0 Å². The fraction of sp³-hybridized carbons (Fsp3) is 0.312. The summed E-state index contributed by atoms with van der Waals surface area (Å²) in [5, 5.41) is 3.12. The summed E-state index contributed by atoms with van der Waals surface area (Å²) in [7, 11) is 1.77. The maximum Gasteiger partial charge on any atom is 0.128 e. The van der Waals surface area contributed by atoms with Gasteiger partial charge in [-0.15, -0.1) is 0 Å². The summed E-state index contributed by atoms with van der Waals surface area (Å²) in [6.07, 6.45) is 3.59. The molecule has 2 nitrogen and oxygen atoms in total. The second-order valence-electron chi connectivity index (χ2n) is 5.13. The molecule has 1 aromatic heterocycles. The number of aryl methyl sites for hydroxylation is 1. The molecule has 2 unspecified atom stereocenters. The predicted molar refractivity (Wildman–Crippen MR) is 73.5 cm³/mol. The highest BCUT2D eigenvalue weighted by Crippen LogP contribution is 2.40. The van der Waals surface area contributed by atoms with Crippen LogP contribution in [0.3, 0.4) is 0 Å². The normalized spacial score (nSPS) is 18.9. The number of fused-ring (bicyclic) bond motifs is 1. The fourth-order valence-electron chi connectivity index (χ4n) is 3.09. The topological polar surface area (TPSA) is 24.9 Å². The van der Waals surface area contributed by atoms with Crippen molar-refractivity contribution in [2.45, 2.75) is 24.8 Å². The van der Waals surface area contributed by atoms with Crippen LogP contribution in [-0.2, 0) is 6.42 Å². The lowest BCUT2D eigenvalue weighted by atomic mass is 9.90. The molecule has 2 aromatic rings. The molecular formula is C16H16F2N2. The molecule has 0 saturated heterocycles. The first-order valence-corrected chi connectivity index (χ1v) is 6.76. The molecule has 1 aromatic carbocycles. The number of halogens is 2. The van der Waals surface area contributed by atoms with Crippen LogP contribution >= 0.6 is 0 Å². The first-order chi connectivity index (χ1) is 9.70. The molecule has 1 N–H and O–H groups in total. The van der Waals surface area contributed by atoms with Gasteiger partial charge in [0.2, 0.25) is 0 Å². The third kappa shape index (κ3) is 2.20. The third-order valence-corrected chi connectivity index (χ3v) is 4.01. The van der Waals surface area contributed by atoms with Gasteiger partial charge in [0.1, 0.15) is 11.6 Å². The van der Waals surface area contributed by atoms with Gasteiger partial charge in [0, 0.05) is 29.4 Å². The minimum absolute atomic E-state index is 0.0764. The van der Waals surface area contributed by atoms with Crippen molar-refractivity contribution in [1.29, 1.82) is 0 Å². The zero-order chi connectivity index (χ0) is 14.1. The molecule has 0 bridgehead atoms. The molecule has 1 heterocycles. The highest BCUT2D eigenvalue weighted by molar-refractivity contribution is 5.34. The summed E-state index contributed by atoms with van der Waals surface area (Å²) in [5.74, 6) is -0.719. The Labute approximate surface area is 116 Å². The molecule has 0 spiro atoms. The number of aromatic nitrogens is 1. The summed E-state index contributed by atoms with van der Waals surface area (Å²) in [5.41, 5.74) is 2.57. The van der Waals surface area contributed by atoms with E-state index in [-0.39, 0.29) is 17.8 Å². The van der Waals surface area contributed by atoms with Crippen LogP contribution in [0, 0.1) is 11.6 Å². The molecule has 0 fully saturated rings. The lowest BCUT2D eigenvalue weighted by Crippen LogP contribution is -2.24. The Morgan fingerprint density at radius 3 is 2.95 bits per heavy atom. The highest BCUT2D eigenvalue weighted by Gasteiger charge is 2.32. The minimum Gasteiger partial charge on any atom is -0.312 e. The van der Waals surface area contributed by atoms with Gasteiger partial charge >= 0.3 is 0 Å². The molecule has 2 atom stereocenters. The Morgan fingerprint density at radius 2 is 2.15 bits per heavy atom. The van der Waals surface area contributed by atoms with Crippen molar-refractivity contribution in [3.63, 3.8) is 0 Å². The summed E-state index contributed by atoms with van der Waals surface area (Å²) >= 11 is 0. The number of hydrogen-bond acceptors (Lipinski definition) is 2. The fourth-order valence-corrected chi connectivity index (χ4v) is 3.09. The van der Waals surface area contributed by atoms with E-state index in [1.807, 2.05) is 6.07 Å². The lowest BCUT2D eigenvalue weighted by molar-refractivity contribution is 0.445. The number of pyridine rings is 1. The smallest absolute Gasteiger partial charge is 0.128 e. The molecule has 4 heteroatoms. The van der Waals surface area contributed by atoms with Crippen LogP contribution in [0.5, 0.6) is 0 Å². The van der Waals surface area contributed by atoms with Gasteiger partial charge in [-0.3, -0.25) is 4.98 Å². The van der Waals surface area contributed by atoms with E-state index in [0.717, 1.165) is 24.6 Å². The average Bonchev–Trinajstić information content (AvgIpc) is 2.88. The van der Waals surface area contributed by atoms with Crippen LogP contribution in [0.1, 0.15) is 35.2 Å². The van der Waals surface area contributed by atoms with Crippen molar-refractivity contribution in [3.05, 3.63) is 65.0 Å². The van der Waals surface area contributed by atoms with Crippen molar-refractivity contribution in [3.8, 4) is 0 Å². The standard InChI is InChI=1S/C16H16F2N2/c1-19-16(13-9-11(17)5-7-14(13)18)12-6-4-10-3-2-8-20-15(10)12/h2-3,5,7-9,12,16,19H,4,6H2,1H3. The SMILES string of the molecule is CNC(c1cc(F)ccc1F)C1CCc2cccnc21. The maximum atomic E-state index is 14.0. The van der Waals surface area contributed by atoms with E-state index in [4.69, 9.17) is 0 Å². The highest BCUT2D eigenvalue weighted by atomic mass is 19.1. The van der Waals surface area contributed by atoms with Gasteiger partial charge in [-0.05, 0) is 49.7 Å². The summed E-state index contributed by atoms with van der Waals surface area (Å²) in [6.45, 7) is 0. The molecule has 1 aliphatic carbocycles. The van der Waals surface area contributed by atoms with Gasteiger partial charge in [-0.25, -0.2) is 8.78 Å². The second kappa shape index (κ2) is 5.29. The van der Waals surface area contributed by atoms with E-state index in [1.54, 1.807) is 13.2 Å². The average molecular weight is 274 g/mol. The van der Waals surface area contributed by atoms with E-state index in [9.17, 15) is 8.78 Å². The van der Waals surface area contributed by atoms with Crippen molar-refractivity contribution >= 4 is 0 Å². The largest absolute Gasteiger partial charge is 0.312 e. The molecule has 1 aliphatic rings. The van der Waals surface area contributed by atoms with E-state index in [1.165, 1.54) is 17.7 Å². The molecule has 3 rings (SSSR count). The Kier molecular flexibility index (Phi) is 3.49. The zero-order valence-corrected chi connectivity index (χ0v) is 11.2. The number of nitrogens with zero attached hydrogens (tertiary/aromatic N) is 1. The van der Waals surface area contributed by atoms with Crippen LogP contribution in [0.4, 0.5) is 8.78 Å². The molecule has 0 amide bonds. The first-order valence-electron chi connectivity index (χ1n) is 6.76. The van der Waals surface area contributed by atoms with Crippen LogP contribution < -0.4 is 5.32 Å². The Morgan fingerprint density at radius 1 is 1.30 bits per heavy atom. The van der Waals surface area contributed by atoms with Gasteiger partial charge in [-0.1, -0.05) is 6.07 Å². The van der Waals surface area contributed by atoms with Crippen molar-refractivity contribution in [2.75, 3.05) is 7.05 Å². The number of likely N-dealkylation sites (N-methyl/N-ethyl adjacent to an activating group) is 1. The maximum absolute atomic E-state index is 14.0. The van der Waals surface area contributed by atoms with Gasteiger partial charge in [-0.2, -0.15) is 0 Å². The molecule has 0 radical (unpaired) electrons. The summed E-state index contributed by atoms with van der Waals surface area (Å²) < 4.78 is 27.4. The summed E-state index contributed by atoms with van der Waals surface area (Å²) in [4.78, 5) is 4.43. The number of rotatable bonds is 3. The first kappa shape index (κ1) is 13.2. The van der Waals surface area contributed by atoms with Crippen molar-refractivity contribution in [1.82, 2.24) is 10.3 Å². The van der Waals surface area contributed by atoms with Gasteiger partial charge in [0.05, 0.1) is 0 Å². The Balaban J connectivity index is 2.01. The molecule has 20 heavy (non-hydrogen) atoms. The van der Waals surface area contributed by atoms with E-state index in [2.05, 4.69) is 16.4 Å². The van der Waals surface area contributed by atoms with Gasteiger partial charge < -0.3 is 5.32 Å². The summed E-state index contributed by atoms with van der Waals surface area (Å²) in [6, 6.07) is 7.31. The number of nitrogens with one attached hydrogen (secondary N) is 1. The number of benzene rings is 1. The number of hydrogen-bond donors (Lipinski definition) is 1. The monoisotopic (exact) mass is 274 g/mol. The van der Waals surface area contributed by atoms with Gasteiger partial charge in [0.25, 0.3) is 0 Å². The second-order valence-corrected chi connectivity index (χ2v) is 5.13. The van der Waals surface area contributed by atoms with Crippen molar-refractivity contribution in [2.24, 2.45) is 0 Å². The molecule has 0 aliphatic heterocycles. The third-order valence-electron chi connectivity index (χ3n) is 4.01. The van der Waals surface area contributed by atoms with Gasteiger partial charge in [0.15, 0.2) is 0 Å². The molecule has 0 saturated carbocycles. The predicted octanol–water partition coefficient (Wildman–Crippen LogP) is 3.35. The zero-order valence-electron chi connectivity index (χ0n) is 11.2. The van der Waals surface area contributed by atoms with Crippen LogP contribution in [-0.4, -0.2) is 12.0 Å². The minimum atomic E-state index is -0.416. The van der Waals surface area contributed by atoms with E-state index in [0.29, 0.717) is 5.56 Å². The van der Waals surface area contributed by atoms with E-state index < -0.39 is 5.82 Å². The Hall–Kier alpha value is -1.81. The van der Waals surface area contributed by atoms with E-state index >= 15 is 0 Å². The van der Waals surface area contributed by atoms with Crippen molar-refractivity contribution < 1.29 is 8.78 Å². The lowest BCUT2D eigenvalue weighted by Gasteiger charge is -2.24. The molecular weight excluding hydrogens is 258 g/mol.